The predicted molar refractivity (Wildman–Crippen MR) is 79.0 cm³/mol. The van der Waals surface area contributed by atoms with E-state index in [2.05, 4.69) is 23.3 Å². The van der Waals surface area contributed by atoms with Crippen LogP contribution in [-0.4, -0.2) is 18.1 Å². The number of hydrogen-bond donors (Lipinski definition) is 1. The highest BCUT2D eigenvalue weighted by molar-refractivity contribution is 6.29. The Morgan fingerprint density at radius 1 is 1.32 bits per heavy atom. The van der Waals surface area contributed by atoms with E-state index in [-0.39, 0.29) is 6.04 Å². The fourth-order valence-electron chi connectivity index (χ4n) is 2.03. The second-order valence-electron chi connectivity index (χ2n) is 4.43. The van der Waals surface area contributed by atoms with Gasteiger partial charge < -0.3 is 10.1 Å². The van der Waals surface area contributed by atoms with Gasteiger partial charge in [0.05, 0.1) is 7.11 Å². The first-order valence-corrected chi connectivity index (χ1v) is 6.57. The molecule has 0 radical (unpaired) electrons. The number of ether oxygens (including phenoxy) is 1. The van der Waals surface area contributed by atoms with Gasteiger partial charge in [0, 0.05) is 17.9 Å². The zero-order chi connectivity index (χ0) is 13.7. The van der Waals surface area contributed by atoms with Crippen LogP contribution in [0.4, 0.5) is 5.69 Å². The lowest BCUT2D eigenvalue weighted by molar-refractivity contribution is 0.409. The lowest BCUT2D eigenvalue weighted by atomic mass is 10.1. The molecule has 0 aliphatic rings. The Morgan fingerprint density at radius 2 is 2.11 bits per heavy atom. The molecule has 0 fully saturated rings. The van der Waals surface area contributed by atoms with Crippen LogP contribution in [0.5, 0.6) is 5.75 Å². The van der Waals surface area contributed by atoms with Gasteiger partial charge in [0.2, 0.25) is 0 Å². The summed E-state index contributed by atoms with van der Waals surface area (Å²) in [4.78, 5) is 3.96. The summed E-state index contributed by atoms with van der Waals surface area (Å²) in [5, 5.41) is 3.90. The molecule has 1 atom stereocenters. The van der Waals surface area contributed by atoms with Crippen LogP contribution in [0, 0.1) is 0 Å². The number of nitrogens with zero attached hydrogens (tertiary/aromatic N) is 1. The van der Waals surface area contributed by atoms with Crippen molar-refractivity contribution in [3.05, 3.63) is 53.3 Å². The molecule has 0 spiro atoms. The molecule has 2 rings (SSSR count). The average Bonchev–Trinajstić information content (AvgIpc) is 2.39. The zero-order valence-electron chi connectivity index (χ0n) is 11.1. The van der Waals surface area contributed by atoms with Crippen LogP contribution in [0.3, 0.4) is 0 Å². The van der Waals surface area contributed by atoms with Crippen molar-refractivity contribution < 1.29 is 4.74 Å². The molecule has 0 amide bonds. The molecule has 1 heterocycles. The van der Waals surface area contributed by atoms with Crippen molar-refractivity contribution in [3.8, 4) is 5.75 Å². The summed E-state index contributed by atoms with van der Waals surface area (Å²) in [5.74, 6) is 0.920. The maximum absolute atomic E-state index is 5.87. The summed E-state index contributed by atoms with van der Waals surface area (Å²) in [5.41, 5.74) is 2.16. The number of aromatic nitrogens is 1. The summed E-state index contributed by atoms with van der Waals surface area (Å²) in [6.45, 7) is 2.13. The number of para-hydroxylation sites is 1. The molecule has 0 bridgehead atoms. The Morgan fingerprint density at radius 3 is 2.84 bits per heavy atom. The number of hydrogen-bond acceptors (Lipinski definition) is 3. The molecule has 100 valence electrons. The molecule has 1 aromatic carbocycles. The van der Waals surface area contributed by atoms with Gasteiger partial charge in [-0.05, 0) is 37.1 Å². The highest BCUT2D eigenvalue weighted by Gasteiger charge is 2.08. The normalized spacial score (nSPS) is 11.9. The van der Waals surface area contributed by atoms with E-state index in [1.807, 2.05) is 30.3 Å². The van der Waals surface area contributed by atoms with Crippen molar-refractivity contribution in [2.24, 2.45) is 0 Å². The van der Waals surface area contributed by atoms with Gasteiger partial charge in [0.1, 0.15) is 10.9 Å². The van der Waals surface area contributed by atoms with E-state index < -0.39 is 0 Å². The van der Waals surface area contributed by atoms with E-state index in [1.165, 1.54) is 5.56 Å². The fraction of sp³-hybridized carbons (Fsp3) is 0.267. The SMILES string of the molecule is COc1ccccc1CC(C)Nc1ccnc(Cl)c1. The topological polar surface area (TPSA) is 34.1 Å². The Kier molecular flexibility index (Phi) is 4.63. The fourth-order valence-corrected chi connectivity index (χ4v) is 2.20. The van der Waals surface area contributed by atoms with E-state index >= 15 is 0 Å². The summed E-state index contributed by atoms with van der Waals surface area (Å²) in [7, 11) is 1.69. The first kappa shape index (κ1) is 13.7. The van der Waals surface area contributed by atoms with Crippen LogP contribution in [0.25, 0.3) is 0 Å². The molecule has 19 heavy (non-hydrogen) atoms. The number of methoxy groups -OCH3 is 1. The lowest BCUT2D eigenvalue weighted by Gasteiger charge is -2.17. The van der Waals surface area contributed by atoms with Crippen molar-refractivity contribution in [2.45, 2.75) is 19.4 Å². The summed E-state index contributed by atoms with van der Waals surface area (Å²) < 4.78 is 5.36. The first-order chi connectivity index (χ1) is 9.19. The Balaban J connectivity index is 2.03. The van der Waals surface area contributed by atoms with Crippen LogP contribution in [0.1, 0.15) is 12.5 Å². The Labute approximate surface area is 118 Å². The molecular weight excluding hydrogens is 260 g/mol. The molecule has 1 unspecified atom stereocenters. The van der Waals surface area contributed by atoms with Crippen LogP contribution in [-0.2, 0) is 6.42 Å². The minimum Gasteiger partial charge on any atom is -0.496 e. The van der Waals surface area contributed by atoms with Gasteiger partial charge in [0.25, 0.3) is 0 Å². The second kappa shape index (κ2) is 6.43. The highest BCUT2D eigenvalue weighted by atomic mass is 35.5. The van der Waals surface area contributed by atoms with Gasteiger partial charge in [0.15, 0.2) is 0 Å². The highest BCUT2D eigenvalue weighted by Crippen LogP contribution is 2.20. The number of halogens is 1. The largest absolute Gasteiger partial charge is 0.496 e. The van der Waals surface area contributed by atoms with Crippen LogP contribution in [0.2, 0.25) is 5.15 Å². The monoisotopic (exact) mass is 276 g/mol. The Hall–Kier alpha value is -1.74. The molecule has 0 saturated carbocycles. The van der Waals surface area contributed by atoms with Gasteiger partial charge >= 0.3 is 0 Å². The van der Waals surface area contributed by atoms with E-state index in [9.17, 15) is 0 Å². The average molecular weight is 277 g/mol. The lowest BCUT2D eigenvalue weighted by Crippen LogP contribution is -2.18. The van der Waals surface area contributed by atoms with E-state index in [1.54, 1.807) is 13.3 Å². The third-order valence-corrected chi connectivity index (χ3v) is 3.06. The van der Waals surface area contributed by atoms with Crippen molar-refractivity contribution >= 4 is 17.3 Å². The van der Waals surface area contributed by atoms with Gasteiger partial charge in [-0.15, -0.1) is 0 Å². The number of rotatable bonds is 5. The quantitative estimate of drug-likeness (QED) is 0.844. The molecule has 1 aromatic heterocycles. The minimum absolute atomic E-state index is 0.273. The standard InChI is InChI=1S/C15H17ClN2O/c1-11(18-13-7-8-17-15(16)10-13)9-12-5-3-4-6-14(12)19-2/h3-8,10-11H,9H2,1-2H3,(H,17,18). The van der Waals surface area contributed by atoms with Crippen molar-refractivity contribution in [2.75, 3.05) is 12.4 Å². The van der Waals surface area contributed by atoms with E-state index in [0.29, 0.717) is 5.15 Å². The first-order valence-electron chi connectivity index (χ1n) is 6.19. The minimum atomic E-state index is 0.273. The summed E-state index contributed by atoms with van der Waals surface area (Å²) in [6, 6.07) is 12.1. The maximum atomic E-state index is 5.87. The van der Waals surface area contributed by atoms with Gasteiger partial charge in [-0.3, -0.25) is 0 Å². The molecular formula is C15H17ClN2O. The molecule has 1 N–H and O–H groups in total. The number of pyridine rings is 1. The van der Waals surface area contributed by atoms with Gasteiger partial charge in [-0.1, -0.05) is 29.8 Å². The molecule has 3 nitrogen and oxygen atoms in total. The second-order valence-corrected chi connectivity index (χ2v) is 4.82. The van der Waals surface area contributed by atoms with Gasteiger partial charge in [-0.2, -0.15) is 0 Å². The number of anilines is 1. The smallest absolute Gasteiger partial charge is 0.131 e. The Bertz CT molecular complexity index is 545. The molecule has 2 aromatic rings. The zero-order valence-corrected chi connectivity index (χ0v) is 11.8. The van der Waals surface area contributed by atoms with Crippen molar-refractivity contribution in [3.63, 3.8) is 0 Å². The third-order valence-electron chi connectivity index (χ3n) is 2.86. The predicted octanol–water partition coefficient (Wildman–Crippen LogP) is 3.79. The third kappa shape index (κ3) is 3.86. The van der Waals surface area contributed by atoms with Crippen LogP contribution < -0.4 is 10.1 Å². The molecule has 0 saturated heterocycles. The van der Waals surface area contributed by atoms with Crippen LogP contribution >= 0.6 is 11.6 Å². The van der Waals surface area contributed by atoms with Crippen molar-refractivity contribution in [1.82, 2.24) is 4.98 Å². The van der Waals surface area contributed by atoms with Crippen molar-refractivity contribution in [1.29, 1.82) is 0 Å². The number of nitrogens with one attached hydrogen (secondary N) is 1. The van der Waals surface area contributed by atoms with E-state index in [4.69, 9.17) is 16.3 Å². The molecule has 0 aliphatic carbocycles. The number of benzene rings is 1. The van der Waals surface area contributed by atoms with E-state index in [0.717, 1.165) is 17.9 Å². The molecule has 0 aliphatic heterocycles. The molecule has 4 heteroatoms. The van der Waals surface area contributed by atoms with Gasteiger partial charge in [-0.25, -0.2) is 4.98 Å². The maximum Gasteiger partial charge on any atom is 0.131 e. The van der Waals surface area contributed by atoms with Crippen LogP contribution in [0.15, 0.2) is 42.6 Å². The summed E-state index contributed by atoms with van der Waals surface area (Å²) in [6.07, 6.45) is 2.57. The summed E-state index contributed by atoms with van der Waals surface area (Å²) >= 11 is 5.87.